The zero-order valence-electron chi connectivity index (χ0n) is 9.13. The summed E-state index contributed by atoms with van der Waals surface area (Å²) in [5, 5.41) is 9.33. The molecule has 1 heterocycles. The fraction of sp³-hybridized carbons (Fsp3) is 0.0833. The molecule has 0 radical (unpaired) electrons. The van der Waals surface area contributed by atoms with Crippen LogP contribution in [0.2, 0.25) is 5.02 Å². The summed E-state index contributed by atoms with van der Waals surface area (Å²) in [4.78, 5) is 10.0. The number of nitrogens with zero attached hydrogens (tertiary/aromatic N) is 4. The Morgan fingerprint density at radius 3 is 2.65 bits per heavy atom. The molecule has 0 aliphatic carbocycles. The Morgan fingerprint density at radius 2 is 2.00 bits per heavy atom. The summed E-state index contributed by atoms with van der Waals surface area (Å²) in [5.74, 6) is 0.532. The Hall–Kier alpha value is -2.12. The number of nitriles is 1. The molecule has 0 saturated heterocycles. The highest BCUT2D eigenvalue weighted by Gasteiger charge is 2.07. The summed E-state index contributed by atoms with van der Waals surface area (Å²) >= 11 is 5.72. The topological polar surface area (TPSA) is 52.8 Å². The minimum Gasteiger partial charge on any atom is -0.314 e. The third-order valence-corrected chi connectivity index (χ3v) is 2.46. The molecule has 0 amide bonds. The van der Waals surface area contributed by atoms with E-state index in [9.17, 15) is 0 Å². The van der Waals surface area contributed by atoms with E-state index in [1.54, 1.807) is 17.0 Å². The van der Waals surface area contributed by atoms with Crippen molar-refractivity contribution in [3.05, 3.63) is 47.2 Å². The van der Waals surface area contributed by atoms with Crippen molar-refractivity contribution in [2.75, 3.05) is 11.9 Å². The Kier molecular flexibility index (Phi) is 3.22. The lowest BCUT2D eigenvalue weighted by atomic mass is 10.2. The van der Waals surface area contributed by atoms with Gasteiger partial charge >= 0.3 is 0 Å². The van der Waals surface area contributed by atoms with Gasteiger partial charge in [0.25, 0.3) is 0 Å². The number of rotatable bonds is 2. The molecule has 4 nitrogen and oxygen atoms in total. The molecular formula is C12H9ClN4. The van der Waals surface area contributed by atoms with Crippen LogP contribution in [0.4, 0.5) is 11.6 Å². The average molecular weight is 245 g/mol. The van der Waals surface area contributed by atoms with Crippen molar-refractivity contribution in [3.63, 3.8) is 0 Å². The number of benzene rings is 1. The molecular weight excluding hydrogens is 236 g/mol. The smallest absolute Gasteiger partial charge is 0.229 e. The van der Waals surface area contributed by atoms with Crippen LogP contribution < -0.4 is 4.90 Å². The van der Waals surface area contributed by atoms with Gasteiger partial charge in [-0.2, -0.15) is 5.26 Å². The lowest BCUT2D eigenvalue weighted by molar-refractivity contribution is 1.04. The molecule has 0 atom stereocenters. The third kappa shape index (κ3) is 2.52. The number of hydrogen-bond acceptors (Lipinski definition) is 4. The summed E-state index contributed by atoms with van der Waals surface area (Å²) in [7, 11) is 1.83. The highest BCUT2D eigenvalue weighted by molar-refractivity contribution is 6.30. The number of aromatic nitrogens is 2. The maximum absolute atomic E-state index is 8.83. The zero-order chi connectivity index (χ0) is 12.3. The summed E-state index contributed by atoms with van der Waals surface area (Å²) in [6, 6.07) is 9.33. The SMILES string of the molecule is CN(c1cccc(C#N)c1)c1ncc(Cl)cn1. The van der Waals surface area contributed by atoms with Gasteiger partial charge in [-0.05, 0) is 18.2 Å². The molecule has 17 heavy (non-hydrogen) atoms. The van der Waals surface area contributed by atoms with E-state index in [2.05, 4.69) is 16.0 Å². The monoisotopic (exact) mass is 244 g/mol. The van der Waals surface area contributed by atoms with Crippen molar-refractivity contribution >= 4 is 23.2 Å². The Morgan fingerprint density at radius 1 is 1.29 bits per heavy atom. The van der Waals surface area contributed by atoms with Gasteiger partial charge in [0.1, 0.15) is 0 Å². The van der Waals surface area contributed by atoms with Gasteiger partial charge in [0.2, 0.25) is 5.95 Å². The number of halogens is 1. The molecule has 1 aromatic heterocycles. The van der Waals surface area contributed by atoms with Crippen molar-refractivity contribution in [1.82, 2.24) is 9.97 Å². The van der Waals surface area contributed by atoms with Crippen molar-refractivity contribution in [3.8, 4) is 6.07 Å². The van der Waals surface area contributed by atoms with E-state index in [0.29, 0.717) is 16.5 Å². The molecule has 1 aromatic carbocycles. The molecule has 5 heteroatoms. The quantitative estimate of drug-likeness (QED) is 0.815. The lowest BCUT2D eigenvalue weighted by Gasteiger charge is -2.16. The second-order valence-electron chi connectivity index (χ2n) is 3.42. The normalized spacial score (nSPS) is 9.71. The van der Waals surface area contributed by atoms with Crippen LogP contribution in [0.15, 0.2) is 36.7 Å². The predicted molar refractivity (Wildman–Crippen MR) is 66.3 cm³/mol. The van der Waals surface area contributed by atoms with E-state index in [4.69, 9.17) is 16.9 Å². The van der Waals surface area contributed by atoms with Gasteiger partial charge in [0.05, 0.1) is 29.0 Å². The van der Waals surface area contributed by atoms with Crippen molar-refractivity contribution in [2.45, 2.75) is 0 Å². The van der Waals surface area contributed by atoms with Crippen LogP contribution in [0.3, 0.4) is 0 Å². The molecule has 84 valence electrons. The predicted octanol–water partition coefficient (Wildman–Crippen LogP) is 2.77. The number of hydrogen-bond donors (Lipinski definition) is 0. The van der Waals surface area contributed by atoms with Gasteiger partial charge in [0.15, 0.2) is 0 Å². The molecule has 0 fully saturated rings. The summed E-state index contributed by atoms with van der Waals surface area (Å²) in [6.45, 7) is 0. The maximum atomic E-state index is 8.83. The molecule has 0 aliphatic heterocycles. The molecule has 2 rings (SSSR count). The maximum Gasteiger partial charge on any atom is 0.229 e. The first-order valence-corrected chi connectivity index (χ1v) is 5.30. The summed E-state index contributed by atoms with van der Waals surface area (Å²) < 4.78 is 0. The first-order valence-electron chi connectivity index (χ1n) is 4.92. The minimum absolute atomic E-state index is 0.493. The van der Waals surface area contributed by atoms with Gasteiger partial charge in [-0.25, -0.2) is 9.97 Å². The van der Waals surface area contributed by atoms with Crippen LogP contribution in [-0.4, -0.2) is 17.0 Å². The molecule has 0 N–H and O–H groups in total. The van der Waals surface area contributed by atoms with Gasteiger partial charge in [-0.3, -0.25) is 0 Å². The molecule has 0 unspecified atom stereocenters. The van der Waals surface area contributed by atoms with E-state index >= 15 is 0 Å². The number of anilines is 2. The van der Waals surface area contributed by atoms with E-state index in [1.807, 2.05) is 19.2 Å². The first kappa shape index (κ1) is 11.4. The fourth-order valence-electron chi connectivity index (χ4n) is 1.38. The molecule has 0 aliphatic rings. The lowest BCUT2D eigenvalue weighted by Crippen LogP contribution is -2.12. The van der Waals surface area contributed by atoms with Gasteiger partial charge in [0, 0.05) is 12.7 Å². The summed E-state index contributed by atoms with van der Waals surface area (Å²) in [5.41, 5.74) is 1.45. The highest BCUT2D eigenvalue weighted by Crippen LogP contribution is 2.21. The van der Waals surface area contributed by atoms with Gasteiger partial charge in [-0.1, -0.05) is 17.7 Å². The molecule has 0 saturated carbocycles. The van der Waals surface area contributed by atoms with Crippen LogP contribution in [0.25, 0.3) is 0 Å². The zero-order valence-corrected chi connectivity index (χ0v) is 9.89. The Bertz CT molecular complexity index is 559. The van der Waals surface area contributed by atoms with E-state index < -0.39 is 0 Å². The van der Waals surface area contributed by atoms with Crippen molar-refractivity contribution in [1.29, 1.82) is 5.26 Å². The first-order chi connectivity index (χ1) is 8.20. The standard InChI is InChI=1S/C12H9ClN4/c1-17(12-15-7-10(13)8-16-12)11-4-2-3-9(5-11)6-14/h2-5,7-8H,1H3. The highest BCUT2D eigenvalue weighted by atomic mass is 35.5. The third-order valence-electron chi connectivity index (χ3n) is 2.27. The van der Waals surface area contributed by atoms with Crippen LogP contribution >= 0.6 is 11.6 Å². The van der Waals surface area contributed by atoms with Crippen LogP contribution in [-0.2, 0) is 0 Å². The van der Waals surface area contributed by atoms with Crippen molar-refractivity contribution < 1.29 is 0 Å². The Balaban J connectivity index is 2.33. The Labute approximate surface area is 104 Å². The molecule has 0 spiro atoms. The van der Waals surface area contributed by atoms with Crippen LogP contribution in [0.1, 0.15) is 5.56 Å². The van der Waals surface area contributed by atoms with E-state index in [0.717, 1.165) is 5.69 Å². The van der Waals surface area contributed by atoms with Crippen molar-refractivity contribution in [2.24, 2.45) is 0 Å². The van der Waals surface area contributed by atoms with Gasteiger partial charge in [-0.15, -0.1) is 0 Å². The fourth-order valence-corrected chi connectivity index (χ4v) is 1.48. The summed E-state index contributed by atoms with van der Waals surface area (Å²) in [6.07, 6.45) is 3.07. The van der Waals surface area contributed by atoms with E-state index in [1.165, 1.54) is 12.4 Å². The second-order valence-corrected chi connectivity index (χ2v) is 3.86. The van der Waals surface area contributed by atoms with E-state index in [-0.39, 0.29) is 0 Å². The largest absolute Gasteiger partial charge is 0.314 e. The van der Waals surface area contributed by atoms with Crippen LogP contribution in [0.5, 0.6) is 0 Å². The molecule has 0 bridgehead atoms. The second kappa shape index (κ2) is 4.81. The average Bonchev–Trinajstić information content (AvgIpc) is 2.39. The minimum atomic E-state index is 0.493. The van der Waals surface area contributed by atoms with Crippen LogP contribution in [0, 0.1) is 11.3 Å². The molecule has 2 aromatic rings. The van der Waals surface area contributed by atoms with Gasteiger partial charge < -0.3 is 4.90 Å².